The molecular weight excluding hydrogens is 179 g/mol. The van der Waals surface area contributed by atoms with E-state index in [-0.39, 0.29) is 11.7 Å². The first kappa shape index (κ1) is 9.66. The molecule has 1 nitrogen and oxygen atoms in total. The lowest BCUT2D eigenvalue weighted by molar-refractivity contribution is 0.00422. The highest BCUT2D eigenvalue weighted by Crippen LogP contribution is 2.43. The maximum absolute atomic E-state index is 13.0. The van der Waals surface area contributed by atoms with Gasteiger partial charge in [-0.2, -0.15) is 0 Å². The van der Waals surface area contributed by atoms with E-state index in [1.807, 2.05) is 13.0 Å². The molecule has 1 aromatic carbocycles. The van der Waals surface area contributed by atoms with Crippen molar-refractivity contribution in [2.45, 2.75) is 31.8 Å². The molecule has 1 N–H and O–H groups in total. The third-order valence-electron chi connectivity index (χ3n) is 3.33. The minimum atomic E-state index is -0.803. The van der Waals surface area contributed by atoms with Gasteiger partial charge in [0.1, 0.15) is 5.82 Å². The third kappa shape index (κ3) is 1.44. The maximum Gasteiger partial charge on any atom is 0.123 e. The van der Waals surface area contributed by atoms with Crippen molar-refractivity contribution in [1.29, 1.82) is 0 Å². The first-order valence-corrected chi connectivity index (χ1v) is 5.11. The van der Waals surface area contributed by atoms with Gasteiger partial charge in [0.25, 0.3) is 0 Å². The molecule has 0 spiro atoms. The van der Waals surface area contributed by atoms with Crippen molar-refractivity contribution in [1.82, 2.24) is 0 Å². The molecule has 0 radical (unpaired) electrons. The summed E-state index contributed by atoms with van der Waals surface area (Å²) in [6, 6.07) is 6.33. The van der Waals surface area contributed by atoms with E-state index in [4.69, 9.17) is 0 Å². The Bertz CT molecular complexity index is 337. The van der Waals surface area contributed by atoms with Gasteiger partial charge in [-0.15, -0.1) is 0 Å². The van der Waals surface area contributed by atoms with Gasteiger partial charge in [0.05, 0.1) is 5.60 Å². The molecule has 0 aromatic heterocycles. The largest absolute Gasteiger partial charge is 0.385 e. The van der Waals surface area contributed by atoms with Crippen LogP contribution in [-0.2, 0) is 5.60 Å². The molecule has 1 fully saturated rings. The fraction of sp³-hybridized carbons (Fsp3) is 0.500. The second kappa shape index (κ2) is 3.35. The molecule has 76 valence electrons. The van der Waals surface area contributed by atoms with Gasteiger partial charge in [-0.1, -0.05) is 19.1 Å². The highest BCUT2D eigenvalue weighted by Gasteiger charge is 2.39. The minimum Gasteiger partial charge on any atom is -0.385 e. The van der Waals surface area contributed by atoms with E-state index in [1.165, 1.54) is 12.1 Å². The summed E-state index contributed by atoms with van der Waals surface area (Å²) in [5.74, 6) is -0.0423. The van der Waals surface area contributed by atoms with Crippen LogP contribution >= 0.6 is 0 Å². The molecule has 2 rings (SSSR count). The average Bonchev–Trinajstić information content (AvgIpc) is 2.49. The topological polar surface area (TPSA) is 20.2 Å². The van der Waals surface area contributed by atoms with Crippen LogP contribution < -0.4 is 0 Å². The lowest BCUT2D eigenvalue weighted by atomic mass is 9.85. The Morgan fingerprint density at radius 2 is 2.29 bits per heavy atom. The van der Waals surface area contributed by atoms with Gasteiger partial charge in [-0.05, 0) is 42.9 Å². The Morgan fingerprint density at radius 1 is 1.50 bits per heavy atom. The van der Waals surface area contributed by atoms with Crippen LogP contribution in [0.15, 0.2) is 24.3 Å². The number of hydrogen-bond donors (Lipinski definition) is 1. The fourth-order valence-corrected chi connectivity index (χ4v) is 2.35. The first-order chi connectivity index (χ1) is 6.63. The second-order valence-corrected chi connectivity index (χ2v) is 4.23. The maximum atomic E-state index is 13.0. The molecular formula is C12H15FO. The van der Waals surface area contributed by atoms with E-state index in [2.05, 4.69) is 0 Å². The third-order valence-corrected chi connectivity index (χ3v) is 3.33. The second-order valence-electron chi connectivity index (χ2n) is 4.23. The number of aliphatic hydroxyl groups is 1. The summed E-state index contributed by atoms with van der Waals surface area (Å²) in [6.45, 7) is 2.03. The smallest absolute Gasteiger partial charge is 0.123 e. The van der Waals surface area contributed by atoms with E-state index in [0.29, 0.717) is 0 Å². The Hall–Kier alpha value is -0.890. The molecule has 1 saturated carbocycles. The van der Waals surface area contributed by atoms with E-state index in [1.54, 1.807) is 6.07 Å². The molecule has 0 amide bonds. The monoisotopic (exact) mass is 194 g/mol. The van der Waals surface area contributed by atoms with Crippen molar-refractivity contribution in [2.75, 3.05) is 0 Å². The predicted molar refractivity (Wildman–Crippen MR) is 53.3 cm³/mol. The van der Waals surface area contributed by atoms with Crippen molar-refractivity contribution in [3.8, 4) is 0 Å². The Kier molecular flexibility index (Phi) is 2.31. The number of benzene rings is 1. The molecule has 1 aliphatic carbocycles. The molecule has 0 heterocycles. The van der Waals surface area contributed by atoms with Crippen molar-refractivity contribution in [2.24, 2.45) is 5.92 Å². The molecule has 1 aliphatic rings. The number of rotatable bonds is 1. The highest BCUT2D eigenvalue weighted by atomic mass is 19.1. The standard InChI is InChI=1S/C12H15FO/c1-9-4-3-7-12(9,14)10-5-2-6-11(13)8-10/h2,5-6,8-9,14H,3-4,7H2,1H3/t9-,12-/m1/s1. The summed E-state index contributed by atoms with van der Waals surface area (Å²) in [4.78, 5) is 0. The summed E-state index contributed by atoms with van der Waals surface area (Å²) in [5, 5.41) is 10.4. The van der Waals surface area contributed by atoms with Crippen LogP contribution in [-0.4, -0.2) is 5.11 Å². The van der Waals surface area contributed by atoms with Gasteiger partial charge in [0.2, 0.25) is 0 Å². The van der Waals surface area contributed by atoms with Gasteiger partial charge in [0.15, 0.2) is 0 Å². The molecule has 0 bridgehead atoms. The molecule has 1 aromatic rings. The van der Waals surface area contributed by atoms with Gasteiger partial charge >= 0.3 is 0 Å². The summed E-state index contributed by atoms with van der Waals surface area (Å²) in [5.41, 5.74) is -0.0789. The highest BCUT2D eigenvalue weighted by molar-refractivity contribution is 5.25. The normalized spacial score (nSPS) is 32.1. The van der Waals surface area contributed by atoms with Crippen LogP contribution in [0.25, 0.3) is 0 Å². The number of hydrogen-bond acceptors (Lipinski definition) is 1. The van der Waals surface area contributed by atoms with Crippen molar-refractivity contribution in [3.63, 3.8) is 0 Å². The predicted octanol–water partition coefficient (Wildman–Crippen LogP) is 2.83. The van der Waals surface area contributed by atoms with E-state index in [0.717, 1.165) is 24.8 Å². The van der Waals surface area contributed by atoms with Gasteiger partial charge in [0, 0.05) is 0 Å². The van der Waals surface area contributed by atoms with Crippen molar-refractivity contribution < 1.29 is 9.50 Å². The van der Waals surface area contributed by atoms with Crippen LogP contribution in [0, 0.1) is 11.7 Å². The summed E-state index contributed by atoms with van der Waals surface area (Å²) in [6.07, 6.45) is 2.79. The average molecular weight is 194 g/mol. The quantitative estimate of drug-likeness (QED) is 0.728. The summed E-state index contributed by atoms with van der Waals surface area (Å²) in [7, 11) is 0. The molecule has 14 heavy (non-hydrogen) atoms. The van der Waals surface area contributed by atoms with Crippen LogP contribution in [0.3, 0.4) is 0 Å². The van der Waals surface area contributed by atoms with E-state index < -0.39 is 5.60 Å². The van der Waals surface area contributed by atoms with Crippen molar-refractivity contribution >= 4 is 0 Å². The van der Waals surface area contributed by atoms with E-state index in [9.17, 15) is 9.50 Å². The summed E-state index contributed by atoms with van der Waals surface area (Å²) < 4.78 is 13.0. The summed E-state index contributed by atoms with van der Waals surface area (Å²) >= 11 is 0. The molecule has 0 aliphatic heterocycles. The minimum absolute atomic E-state index is 0.226. The van der Waals surface area contributed by atoms with E-state index >= 15 is 0 Å². The lowest BCUT2D eigenvalue weighted by Crippen LogP contribution is -2.28. The zero-order chi connectivity index (χ0) is 10.2. The van der Waals surface area contributed by atoms with Crippen LogP contribution in [0.4, 0.5) is 4.39 Å². The Morgan fingerprint density at radius 3 is 2.86 bits per heavy atom. The molecule has 2 heteroatoms. The van der Waals surface area contributed by atoms with Crippen LogP contribution in [0.1, 0.15) is 31.7 Å². The lowest BCUT2D eigenvalue weighted by Gasteiger charge is -2.28. The number of halogens is 1. The first-order valence-electron chi connectivity index (χ1n) is 5.11. The van der Waals surface area contributed by atoms with Crippen LogP contribution in [0.5, 0.6) is 0 Å². The Balaban J connectivity index is 2.38. The molecule has 0 saturated heterocycles. The molecule has 2 atom stereocenters. The van der Waals surface area contributed by atoms with Gasteiger partial charge in [-0.25, -0.2) is 4.39 Å². The van der Waals surface area contributed by atoms with Gasteiger partial charge in [-0.3, -0.25) is 0 Å². The zero-order valence-corrected chi connectivity index (χ0v) is 8.33. The zero-order valence-electron chi connectivity index (χ0n) is 8.33. The van der Waals surface area contributed by atoms with Crippen LogP contribution in [0.2, 0.25) is 0 Å². The van der Waals surface area contributed by atoms with Gasteiger partial charge < -0.3 is 5.11 Å². The SMILES string of the molecule is C[C@@H]1CCC[C@]1(O)c1cccc(F)c1. The molecule has 0 unspecified atom stereocenters. The fourth-order valence-electron chi connectivity index (χ4n) is 2.35. The van der Waals surface area contributed by atoms with Crippen molar-refractivity contribution in [3.05, 3.63) is 35.6 Å². The Labute approximate surface area is 83.6 Å².